The second-order valence-corrected chi connectivity index (χ2v) is 7.95. The minimum absolute atomic E-state index is 0.364. The third-order valence-electron chi connectivity index (χ3n) is 5.24. The van der Waals surface area contributed by atoms with Crippen molar-refractivity contribution in [1.29, 1.82) is 5.26 Å². The van der Waals surface area contributed by atoms with E-state index in [2.05, 4.69) is 30.3 Å². The van der Waals surface area contributed by atoms with Crippen LogP contribution in [0, 0.1) is 18.3 Å². The minimum atomic E-state index is 0.364. The molecule has 0 aliphatic rings. The number of ether oxygens (including phenoxy) is 2. The van der Waals surface area contributed by atoms with Crippen LogP contribution in [0.4, 0.5) is 0 Å². The van der Waals surface area contributed by atoms with E-state index in [1.54, 1.807) is 19.3 Å². The minimum Gasteiger partial charge on any atom is -0.493 e. The maximum atomic E-state index is 9.64. The second kappa shape index (κ2) is 9.60. The maximum Gasteiger partial charge on any atom is 0.180 e. The monoisotopic (exact) mass is 439 g/mol. The number of aryl methyl sites for hydroxylation is 1. The van der Waals surface area contributed by atoms with Gasteiger partial charge in [0.1, 0.15) is 6.61 Å². The van der Waals surface area contributed by atoms with Crippen LogP contribution in [0.15, 0.2) is 78.9 Å². The van der Waals surface area contributed by atoms with Gasteiger partial charge in [-0.25, -0.2) is 0 Å². The number of hydrogen-bond donors (Lipinski definition) is 0. The van der Waals surface area contributed by atoms with E-state index in [0.29, 0.717) is 28.7 Å². The molecule has 4 rings (SSSR count). The van der Waals surface area contributed by atoms with Crippen LogP contribution in [0.1, 0.15) is 22.3 Å². The molecular formula is C28H22ClNO2. The van der Waals surface area contributed by atoms with Crippen LogP contribution < -0.4 is 9.47 Å². The largest absolute Gasteiger partial charge is 0.493 e. The highest BCUT2D eigenvalue weighted by molar-refractivity contribution is 6.32. The van der Waals surface area contributed by atoms with E-state index in [0.717, 1.165) is 27.6 Å². The summed E-state index contributed by atoms with van der Waals surface area (Å²) < 4.78 is 11.6. The molecule has 0 fully saturated rings. The molecule has 0 unspecified atom stereocenters. The van der Waals surface area contributed by atoms with Gasteiger partial charge in [-0.2, -0.15) is 5.26 Å². The smallest absolute Gasteiger partial charge is 0.180 e. The maximum absolute atomic E-state index is 9.64. The number of benzene rings is 4. The van der Waals surface area contributed by atoms with E-state index in [9.17, 15) is 5.26 Å². The highest BCUT2D eigenvalue weighted by atomic mass is 35.5. The fourth-order valence-electron chi connectivity index (χ4n) is 3.53. The summed E-state index contributed by atoms with van der Waals surface area (Å²) in [5.74, 6) is 0.999. The molecule has 4 heteroatoms. The molecule has 0 aromatic heterocycles. The molecule has 0 aliphatic carbocycles. The summed E-state index contributed by atoms with van der Waals surface area (Å²) in [6, 6.07) is 28.1. The first-order valence-electron chi connectivity index (χ1n) is 10.2. The second-order valence-electron chi connectivity index (χ2n) is 7.54. The van der Waals surface area contributed by atoms with Gasteiger partial charge < -0.3 is 9.47 Å². The van der Waals surface area contributed by atoms with E-state index in [-0.39, 0.29) is 0 Å². The van der Waals surface area contributed by atoms with Crippen molar-refractivity contribution in [3.05, 3.63) is 106 Å². The van der Waals surface area contributed by atoms with Crippen LogP contribution in [0.3, 0.4) is 0 Å². The molecule has 0 atom stereocenters. The number of nitrogens with zero attached hydrogens (tertiary/aromatic N) is 1. The Morgan fingerprint density at radius 1 is 0.969 bits per heavy atom. The van der Waals surface area contributed by atoms with Crippen LogP contribution in [-0.4, -0.2) is 7.11 Å². The van der Waals surface area contributed by atoms with Crippen LogP contribution in [-0.2, 0) is 6.61 Å². The normalized spacial score (nSPS) is 11.2. The Kier molecular flexibility index (Phi) is 6.44. The number of hydrogen-bond acceptors (Lipinski definition) is 3. The fourth-order valence-corrected chi connectivity index (χ4v) is 3.80. The van der Waals surface area contributed by atoms with Gasteiger partial charge in [0, 0.05) is 0 Å². The molecule has 0 saturated carbocycles. The average molecular weight is 440 g/mol. The molecule has 0 bridgehead atoms. The van der Waals surface area contributed by atoms with E-state index in [1.165, 1.54) is 5.39 Å². The summed E-state index contributed by atoms with van der Waals surface area (Å²) in [6.45, 7) is 2.38. The molecule has 0 N–H and O–H groups in total. The highest BCUT2D eigenvalue weighted by Crippen LogP contribution is 2.38. The summed E-state index contributed by atoms with van der Waals surface area (Å²) in [5.41, 5.74) is 4.35. The molecule has 158 valence electrons. The molecule has 0 heterocycles. The number of nitriles is 1. The van der Waals surface area contributed by atoms with Gasteiger partial charge in [0.25, 0.3) is 0 Å². The Morgan fingerprint density at radius 3 is 2.44 bits per heavy atom. The topological polar surface area (TPSA) is 42.2 Å². The SMILES string of the molecule is COc1cc(/C=C(/C#N)c2ccc(C)cc2)cc(Cl)c1OCc1ccc2ccccc2c1. The molecule has 0 saturated heterocycles. The molecule has 3 nitrogen and oxygen atoms in total. The first-order valence-corrected chi connectivity index (χ1v) is 10.6. The summed E-state index contributed by atoms with van der Waals surface area (Å²) in [7, 11) is 1.58. The lowest BCUT2D eigenvalue weighted by Gasteiger charge is -2.14. The van der Waals surface area contributed by atoms with E-state index < -0.39 is 0 Å². The lowest BCUT2D eigenvalue weighted by atomic mass is 10.0. The van der Waals surface area contributed by atoms with Gasteiger partial charge in [0.2, 0.25) is 0 Å². The molecule has 4 aromatic rings. The summed E-state index contributed by atoms with van der Waals surface area (Å²) in [4.78, 5) is 0. The third kappa shape index (κ3) is 4.77. The molecule has 32 heavy (non-hydrogen) atoms. The van der Waals surface area contributed by atoms with E-state index in [1.807, 2.05) is 55.5 Å². The summed E-state index contributed by atoms with van der Waals surface area (Å²) in [5, 5.41) is 12.4. The predicted octanol–water partition coefficient (Wildman–Crippen LogP) is 7.45. The van der Waals surface area contributed by atoms with Gasteiger partial charge in [0.15, 0.2) is 11.5 Å². The van der Waals surface area contributed by atoms with Gasteiger partial charge >= 0.3 is 0 Å². The molecule has 0 radical (unpaired) electrons. The molecule has 0 aliphatic heterocycles. The number of rotatable bonds is 6. The van der Waals surface area contributed by atoms with Gasteiger partial charge in [-0.3, -0.25) is 0 Å². The van der Waals surface area contributed by atoms with Crippen LogP contribution in [0.2, 0.25) is 5.02 Å². The van der Waals surface area contributed by atoms with Crippen molar-refractivity contribution in [3.63, 3.8) is 0 Å². The Labute approximate surface area is 193 Å². The van der Waals surface area contributed by atoms with E-state index >= 15 is 0 Å². The van der Waals surface area contributed by atoms with Crippen molar-refractivity contribution in [3.8, 4) is 17.6 Å². The van der Waals surface area contributed by atoms with Crippen LogP contribution in [0.5, 0.6) is 11.5 Å². The Bertz CT molecular complexity index is 1330. The molecule has 0 amide bonds. The van der Waals surface area contributed by atoms with Crippen molar-refractivity contribution in [2.24, 2.45) is 0 Å². The number of methoxy groups -OCH3 is 1. The highest BCUT2D eigenvalue weighted by Gasteiger charge is 2.13. The van der Waals surface area contributed by atoms with Crippen molar-refractivity contribution in [2.75, 3.05) is 7.11 Å². The first kappa shape index (κ1) is 21.5. The zero-order valence-electron chi connectivity index (χ0n) is 17.9. The molecule has 4 aromatic carbocycles. The van der Waals surface area contributed by atoms with Crippen molar-refractivity contribution in [1.82, 2.24) is 0 Å². The van der Waals surface area contributed by atoms with Gasteiger partial charge in [0.05, 0.1) is 23.8 Å². The zero-order valence-corrected chi connectivity index (χ0v) is 18.7. The fraction of sp³-hybridized carbons (Fsp3) is 0.107. The first-order chi connectivity index (χ1) is 15.6. The Hall–Kier alpha value is -3.74. The molecular weight excluding hydrogens is 418 g/mol. The number of halogens is 1. The third-order valence-corrected chi connectivity index (χ3v) is 5.52. The standard InChI is InChI=1S/C28H22ClNO2/c1-19-7-10-23(11-8-19)25(17-30)14-21-15-26(29)28(27(16-21)31-2)32-18-20-9-12-22-5-3-4-6-24(22)13-20/h3-16H,18H2,1-2H3/b25-14-. The Balaban J connectivity index is 1.60. The Morgan fingerprint density at radius 2 is 1.72 bits per heavy atom. The lowest BCUT2D eigenvalue weighted by molar-refractivity contribution is 0.285. The summed E-state index contributed by atoms with van der Waals surface area (Å²) >= 11 is 6.55. The van der Waals surface area contributed by atoms with Crippen LogP contribution >= 0.6 is 11.6 Å². The van der Waals surface area contributed by atoms with Gasteiger partial charge in [-0.15, -0.1) is 0 Å². The van der Waals surface area contributed by atoms with Crippen molar-refractivity contribution >= 4 is 34.0 Å². The number of allylic oxidation sites excluding steroid dienone is 1. The quantitative estimate of drug-likeness (QED) is 0.231. The van der Waals surface area contributed by atoms with Gasteiger partial charge in [-0.05, 0) is 58.7 Å². The van der Waals surface area contributed by atoms with E-state index in [4.69, 9.17) is 21.1 Å². The van der Waals surface area contributed by atoms with Crippen molar-refractivity contribution in [2.45, 2.75) is 13.5 Å². The number of fused-ring (bicyclic) bond motifs is 1. The lowest BCUT2D eigenvalue weighted by Crippen LogP contribution is -1.99. The zero-order chi connectivity index (χ0) is 22.5. The van der Waals surface area contributed by atoms with Crippen LogP contribution in [0.25, 0.3) is 22.4 Å². The average Bonchev–Trinajstić information content (AvgIpc) is 2.82. The summed E-state index contributed by atoms with van der Waals surface area (Å²) in [6.07, 6.45) is 1.80. The van der Waals surface area contributed by atoms with Crippen molar-refractivity contribution < 1.29 is 9.47 Å². The molecule has 0 spiro atoms. The van der Waals surface area contributed by atoms with Gasteiger partial charge in [-0.1, -0.05) is 77.8 Å². The predicted molar refractivity (Wildman–Crippen MR) is 131 cm³/mol.